The molecule has 2 fully saturated rings. The maximum Gasteiger partial charge on any atom is 0.253 e. The van der Waals surface area contributed by atoms with Crippen LogP contribution in [0.1, 0.15) is 23.2 Å². The van der Waals surface area contributed by atoms with E-state index in [0.717, 1.165) is 18.5 Å². The lowest BCUT2D eigenvalue weighted by Crippen LogP contribution is -2.52. The second-order valence-corrected chi connectivity index (χ2v) is 6.64. The summed E-state index contributed by atoms with van der Waals surface area (Å²) in [6, 6.07) is 7.49. The molecule has 1 aromatic heterocycles. The smallest absolute Gasteiger partial charge is 0.253 e. The van der Waals surface area contributed by atoms with Gasteiger partial charge in [-0.15, -0.1) is 0 Å². The lowest BCUT2D eigenvalue weighted by Gasteiger charge is -2.35. The molecule has 2 aliphatic rings. The molecule has 0 spiro atoms. The molecule has 3 heterocycles. The number of amides is 2. The summed E-state index contributed by atoms with van der Waals surface area (Å²) in [5.74, 6) is 0.0747. The number of benzene rings is 1. The molecule has 1 aromatic carbocycles. The Bertz CT molecular complexity index is 759. The zero-order chi connectivity index (χ0) is 17.9. The van der Waals surface area contributed by atoms with Gasteiger partial charge in [0, 0.05) is 56.4 Å². The van der Waals surface area contributed by atoms with Crippen LogP contribution in [0.25, 0.3) is 5.69 Å². The Morgan fingerprint density at radius 2 is 1.77 bits per heavy atom. The zero-order valence-corrected chi connectivity index (χ0v) is 14.6. The van der Waals surface area contributed by atoms with Gasteiger partial charge in [0.15, 0.2) is 0 Å². The number of hydrogen-bond donors (Lipinski definition) is 0. The fourth-order valence-electron chi connectivity index (χ4n) is 3.48. The van der Waals surface area contributed by atoms with Gasteiger partial charge in [-0.05, 0) is 37.1 Å². The second kappa shape index (κ2) is 7.29. The van der Waals surface area contributed by atoms with Gasteiger partial charge in [0.1, 0.15) is 6.10 Å². The van der Waals surface area contributed by atoms with Crippen LogP contribution in [0.3, 0.4) is 0 Å². The van der Waals surface area contributed by atoms with Gasteiger partial charge >= 0.3 is 0 Å². The number of imidazole rings is 1. The Balaban J connectivity index is 1.35. The van der Waals surface area contributed by atoms with E-state index in [-0.39, 0.29) is 17.9 Å². The molecule has 7 heteroatoms. The fraction of sp³-hybridized carbons (Fsp3) is 0.421. The van der Waals surface area contributed by atoms with Crippen molar-refractivity contribution in [3.8, 4) is 5.69 Å². The van der Waals surface area contributed by atoms with Crippen molar-refractivity contribution in [1.29, 1.82) is 0 Å². The Kier molecular flexibility index (Phi) is 4.71. The minimum atomic E-state index is -0.284. The monoisotopic (exact) mass is 354 g/mol. The summed E-state index contributed by atoms with van der Waals surface area (Å²) in [7, 11) is 0. The molecule has 0 aliphatic carbocycles. The van der Waals surface area contributed by atoms with Crippen molar-refractivity contribution in [2.24, 2.45) is 0 Å². The molecular formula is C19H22N4O3. The fourth-order valence-corrected chi connectivity index (χ4v) is 3.48. The van der Waals surface area contributed by atoms with Crippen LogP contribution in [-0.4, -0.2) is 70.1 Å². The summed E-state index contributed by atoms with van der Waals surface area (Å²) in [6.45, 7) is 2.92. The normalized spacial score (nSPS) is 20.4. The predicted octanol–water partition coefficient (Wildman–Crippen LogP) is 1.34. The first-order valence-electron chi connectivity index (χ1n) is 9.00. The number of rotatable bonds is 3. The van der Waals surface area contributed by atoms with Gasteiger partial charge in [-0.2, -0.15) is 0 Å². The van der Waals surface area contributed by atoms with Gasteiger partial charge in [0.2, 0.25) is 0 Å². The summed E-state index contributed by atoms with van der Waals surface area (Å²) >= 11 is 0. The molecule has 0 N–H and O–H groups in total. The summed E-state index contributed by atoms with van der Waals surface area (Å²) < 4.78 is 7.37. The quantitative estimate of drug-likeness (QED) is 0.834. The molecular weight excluding hydrogens is 332 g/mol. The van der Waals surface area contributed by atoms with Crippen LogP contribution in [0.4, 0.5) is 0 Å². The summed E-state index contributed by atoms with van der Waals surface area (Å²) in [5.41, 5.74) is 1.62. The van der Waals surface area contributed by atoms with Crippen molar-refractivity contribution in [1.82, 2.24) is 19.4 Å². The third-order valence-electron chi connectivity index (χ3n) is 5.00. The maximum atomic E-state index is 12.7. The van der Waals surface area contributed by atoms with Gasteiger partial charge in [0.25, 0.3) is 11.8 Å². The second-order valence-electron chi connectivity index (χ2n) is 6.64. The zero-order valence-electron chi connectivity index (χ0n) is 14.6. The van der Waals surface area contributed by atoms with Crippen LogP contribution < -0.4 is 0 Å². The third-order valence-corrected chi connectivity index (χ3v) is 5.00. The number of aromatic nitrogens is 2. The summed E-state index contributed by atoms with van der Waals surface area (Å²) in [5, 5.41) is 0. The summed E-state index contributed by atoms with van der Waals surface area (Å²) in [6.07, 6.45) is 6.78. The molecule has 2 amide bonds. The Morgan fingerprint density at radius 1 is 1.04 bits per heavy atom. The number of hydrogen-bond acceptors (Lipinski definition) is 4. The van der Waals surface area contributed by atoms with E-state index in [2.05, 4.69) is 4.98 Å². The first-order chi connectivity index (χ1) is 12.7. The molecule has 1 unspecified atom stereocenters. The van der Waals surface area contributed by atoms with E-state index in [9.17, 15) is 9.59 Å². The SMILES string of the molecule is O=C(c1ccc(-n2ccnc2)cc1)N1CCN(C(=O)C2CCCO2)CC1. The van der Waals surface area contributed by atoms with Gasteiger partial charge in [0.05, 0.1) is 6.33 Å². The lowest BCUT2D eigenvalue weighted by atomic mass is 10.1. The van der Waals surface area contributed by atoms with Crippen LogP contribution in [-0.2, 0) is 9.53 Å². The average Bonchev–Trinajstić information content (AvgIpc) is 3.41. The molecule has 1 atom stereocenters. The van der Waals surface area contributed by atoms with Crippen molar-refractivity contribution >= 4 is 11.8 Å². The summed E-state index contributed by atoms with van der Waals surface area (Å²) in [4.78, 5) is 32.8. The van der Waals surface area contributed by atoms with Crippen LogP contribution in [0, 0.1) is 0 Å². The minimum absolute atomic E-state index is 0.00592. The largest absolute Gasteiger partial charge is 0.368 e. The van der Waals surface area contributed by atoms with E-state index in [4.69, 9.17) is 4.74 Å². The molecule has 2 aliphatic heterocycles. The first-order valence-corrected chi connectivity index (χ1v) is 9.00. The lowest BCUT2D eigenvalue weighted by molar-refractivity contribution is -0.142. The number of ether oxygens (including phenoxy) is 1. The highest BCUT2D eigenvalue weighted by Gasteiger charge is 2.31. The number of carbonyl (C=O) groups is 2. The van der Waals surface area contributed by atoms with E-state index >= 15 is 0 Å². The highest BCUT2D eigenvalue weighted by atomic mass is 16.5. The molecule has 2 saturated heterocycles. The van der Waals surface area contributed by atoms with Gasteiger partial charge in [-0.1, -0.05) is 0 Å². The van der Waals surface area contributed by atoms with Crippen LogP contribution >= 0.6 is 0 Å². The van der Waals surface area contributed by atoms with E-state index in [1.807, 2.05) is 44.8 Å². The highest BCUT2D eigenvalue weighted by Crippen LogP contribution is 2.17. The van der Waals surface area contributed by atoms with E-state index < -0.39 is 0 Å². The topological polar surface area (TPSA) is 67.7 Å². The van der Waals surface area contributed by atoms with Gasteiger partial charge < -0.3 is 19.1 Å². The number of carbonyl (C=O) groups excluding carboxylic acids is 2. The van der Waals surface area contributed by atoms with E-state index in [1.165, 1.54) is 0 Å². The highest BCUT2D eigenvalue weighted by molar-refractivity contribution is 5.94. The van der Waals surface area contributed by atoms with E-state index in [1.54, 1.807) is 12.5 Å². The molecule has 26 heavy (non-hydrogen) atoms. The van der Waals surface area contributed by atoms with Gasteiger partial charge in [-0.3, -0.25) is 9.59 Å². The molecule has 136 valence electrons. The van der Waals surface area contributed by atoms with Crippen molar-refractivity contribution in [3.63, 3.8) is 0 Å². The Hall–Kier alpha value is -2.67. The van der Waals surface area contributed by atoms with Crippen LogP contribution in [0.15, 0.2) is 43.0 Å². The maximum absolute atomic E-state index is 12.7. The van der Waals surface area contributed by atoms with Crippen molar-refractivity contribution in [2.75, 3.05) is 32.8 Å². The average molecular weight is 354 g/mol. The minimum Gasteiger partial charge on any atom is -0.368 e. The third kappa shape index (κ3) is 3.35. The molecule has 0 bridgehead atoms. The van der Waals surface area contributed by atoms with Crippen LogP contribution in [0.5, 0.6) is 0 Å². The van der Waals surface area contributed by atoms with Crippen molar-refractivity contribution in [3.05, 3.63) is 48.5 Å². The standard InChI is InChI=1S/C19H22N4O3/c24-18(15-3-5-16(6-4-15)23-8-7-20-14-23)21-9-11-22(12-10-21)19(25)17-2-1-13-26-17/h3-8,14,17H,1-2,9-13H2. The number of piperazine rings is 1. The van der Waals surface area contributed by atoms with Crippen LogP contribution in [0.2, 0.25) is 0 Å². The van der Waals surface area contributed by atoms with Crippen molar-refractivity contribution in [2.45, 2.75) is 18.9 Å². The molecule has 7 nitrogen and oxygen atoms in total. The van der Waals surface area contributed by atoms with Crippen molar-refractivity contribution < 1.29 is 14.3 Å². The first kappa shape index (κ1) is 16.8. The van der Waals surface area contributed by atoms with Gasteiger partial charge in [-0.25, -0.2) is 4.98 Å². The molecule has 0 saturated carbocycles. The molecule has 2 aromatic rings. The van der Waals surface area contributed by atoms with E-state index in [0.29, 0.717) is 38.3 Å². The Morgan fingerprint density at radius 3 is 2.38 bits per heavy atom. The predicted molar refractivity (Wildman–Crippen MR) is 95.0 cm³/mol. The Labute approximate surface area is 152 Å². The number of nitrogens with zero attached hydrogens (tertiary/aromatic N) is 4. The molecule has 0 radical (unpaired) electrons. The molecule has 4 rings (SSSR count).